The zero-order valence-corrected chi connectivity index (χ0v) is 16.6. The minimum atomic E-state index is -0.673. The third-order valence-electron chi connectivity index (χ3n) is 4.65. The Morgan fingerprint density at radius 2 is 2.00 bits per heavy atom. The first kappa shape index (κ1) is 20.1. The molecule has 1 fully saturated rings. The van der Waals surface area contributed by atoms with E-state index in [0.717, 1.165) is 18.4 Å². The fourth-order valence-corrected chi connectivity index (χ4v) is 4.00. The number of hydrogen-bond acceptors (Lipinski definition) is 5. The average molecular weight is 401 g/mol. The molecule has 1 aliphatic rings. The van der Waals surface area contributed by atoms with Crippen molar-refractivity contribution < 1.29 is 19.1 Å². The molecule has 2 heterocycles. The Balaban J connectivity index is 1.73. The van der Waals surface area contributed by atoms with Gasteiger partial charge >= 0.3 is 5.97 Å². The summed E-state index contributed by atoms with van der Waals surface area (Å²) < 4.78 is 5.29. The summed E-state index contributed by atoms with van der Waals surface area (Å²) in [6, 6.07) is 12.5. The molecule has 1 N–H and O–H groups in total. The summed E-state index contributed by atoms with van der Waals surface area (Å²) in [7, 11) is 0. The molecule has 2 amide bonds. The van der Waals surface area contributed by atoms with Gasteiger partial charge in [-0.3, -0.25) is 14.4 Å². The predicted molar refractivity (Wildman–Crippen MR) is 107 cm³/mol. The SMILES string of the molecule is CC(=O)O[C@H]1CCCN(C(=O)[C@H](Cc2ccccc2)NC(=O)c2cccs2)C1. The van der Waals surface area contributed by atoms with Crippen molar-refractivity contribution in [3.8, 4) is 0 Å². The molecule has 0 aliphatic carbocycles. The molecule has 1 aromatic heterocycles. The number of rotatable bonds is 6. The second-order valence-electron chi connectivity index (χ2n) is 6.85. The third-order valence-corrected chi connectivity index (χ3v) is 5.52. The van der Waals surface area contributed by atoms with E-state index >= 15 is 0 Å². The molecule has 28 heavy (non-hydrogen) atoms. The van der Waals surface area contributed by atoms with Crippen LogP contribution in [0.5, 0.6) is 0 Å². The maximum atomic E-state index is 13.2. The van der Waals surface area contributed by atoms with Crippen molar-refractivity contribution in [3.63, 3.8) is 0 Å². The van der Waals surface area contributed by atoms with Crippen molar-refractivity contribution in [2.45, 2.75) is 38.3 Å². The molecular formula is C21H24N2O4S. The molecule has 1 saturated heterocycles. The van der Waals surface area contributed by atoms with Crippen LogP contribution < -0.4 is 5.32 Å². The van der Waals surface area contributed by atoms with Crippen LogP contribution in [0, 0.1) is 0 Å². The molecular weight excluding hydrogens is 376 g/mol. The van der Waals surface area contributed by atoms with E-state index in [1.807, 2.05) is 41.8 Å². The van der Waals surface area contributed by atoms with Crippen LogP contribution in [0.2, 0.25) is 0 Å². The van der Waals surface area contributed by atoms with Crippen molar-refractivity contribution >= 4 is 29.1 Å². The lowest BCUT2D eigenvalue weighted by Crippen LogP contribution is -2.53. The normalized spacial score (nSPS) is 17.6. The largest absolute Gasteiger partial charge is 0.461 e. The number of benzene rings is 1. The van der Waals surface area contributed by atoms with Crippen molar-refractivity contribution in [2.24, 2.45) is 0 Å². The van der Waals surface area contributed by atoms with E-state index in [1.54, 1.807) is 11.0 Å². The van der Waals surface area contributed by atoms with Crippen LogP contribution in [0.1, 0.15) is 35.0 Å². The lowest BCUT2D eigenvalue weighted by atomic mass is 10.0. The van der Waals surface area contributed by atoms with Crippen LogP contribution in [0.15, 0.2) is 47.8 Å². The van der Waals surface area contributed by atoms with E-state index in [9.17, 15) is 14.4 Å². The second-order valence-corrected chi connectivity index (χ2v) is 7.80. The number of nitrogens with zero attached hydrogens (tertiary/aromatic N) is 1. The van der Waals surface area contributed by atoms with Gasteiger partial charge in [-0.05, 0) is 29.9 Å². The van der Waals surface area contributed by atoms with Crippen LogP contribution in [0.4, 0.5) is 0 Å². The van der Waals surface area contributed by atoms with E-state index in [1.165, 1.54) is 18.3 Å². The third kappa shape index (κ3) is 5.42. The molecule has 0 spiro atoms. The number of piperidine rings is 1. The number of hydrogen-bond donors (Lipinski definition) is 1. The molecule has 1 aliphatic heterocycles. The van der Waals surface area contributed by atoms with E-state index in [-0.39, 0.29) is 23.9 Å². The number of thiophene rings is 1. The van der Waals surface area contributed by atoms with E-state index in [4.69, 9.17) is 4.74 Å². The number of esters is 1. The molecule has 0 saturated carbocycles. The smallest absolute Gasteiger partial charge is 0.302 e. The van der Waals surface area contributed by atoms with Gasteiger partial charge in [0.05, 0.1) is 11.4 Å². The Kier molecular flexibility index (Phi) is 6.81. The molecule has 0 bridgehead atoms. The molecule has 3 rings (SSSR count). The topological polar surface area (TPSA) is 75.7 Å². The van der Waals surface area contributed by atoms with Gasteiger partial charge in [0.15, 0.2) is 0 Å². The number of likely N-dealkylation sites (tertiary alicyclic amines) is 1. The summed E-state index contributed by atoms with van der Waals surface area (Å²) in [6.45, 7) is 2.33. The van der Waals surface area contributed by atoms with E-state index < -0.39 is 6.04 Å². The Hall–Kier alpha value is -2.67. The van der Waals surface area contributed by atoms with Gasteiger partial charge in [0.2, 0.25) is 5.91 Å². The van der Waals surface area contributed by atoms with Crippen molar-refractivity contribution in [1.82, 2.24) is 10.2 Å². The molecule has 2 aromatic rings. The summed E-state index contributed by atoms with van der Waals surface area (Å²) in [5.41, 5.74) is 0.973. The van der Waals surface area contributed by atoms with Crippen LogP contribution in [0.3, 0.4) is 0 Å². The minimum absolute atomic E-state index is 0.148. The Labute approximate surface area is 168 Å². The monoisotopic (exact) mass is 400 g/mol. The van der Waals surface area contributed by atoms with Crippen molar-refractivity contribution in [3.05, 3.63) is 58.3 Å². The predicted octanol–water partition coefficient (Wildman–Crippen LogP) is 2.64. The number of ether oxygens (including phenoxy) is 1. The summed E-state index contributed by atoms with van der Waals surface area (Å²) in [6.07, 6.45) is 1.63. The first-order chi connectivity index (χ1) is 13.5. The van der Waals surface area contributed by atoms with E-state index in [0.29, 0.717) is 24.4 Å². The van der Waals surface area contributed by atoms with Gasteiger partial charge in [-0.15, -0.1) is 11.3 Å². The minimum Gasteiger partial charge on any atom is -0.461 e. The number of carbonyl (C=O) groups is 3. The lowest BCUT2D eigenvalue weighted by molar-refractivity contribution is -0.152. The molecule has 7 heteroatoms. The summed E-state index contributed by atoms with van der Waals surface area (Å²) in [5, 5.41) is 4.72. The highest BCUT2D eigenvalue weighted by Gasteiger charge is 2.31. The van der Waals surface area contributed by atoms with Gasteiger partial charge in [0, 0.05) is 19.9 Å². The molecule has 148 valence electrons. The summed E-state index contributed by atoms with van der Waals surface area (Å²) in [4.78, 5) is 39.3. The standard InChI is InChI=1S/C21H24N2O4S/c1-15(24)27-17-9-5-11-23(14-17)21(26)18(13-16-7-3-2-4-8-16)22-20(25)19-10-6-12-28-19/h2-4,6-8,10,12,17-18H,5,9,11,13-14H2,1H3,(H,22,25)/t17-,18-/m0/s1. The summed E-state index contributed by atoms with van der Waals surface area (Å²) >= 11 is 1.34. The maximum absolute atomic E-state index is 13.2. The van der Waals surface area contributed by atoms with Gasteiger partial charge in [0.25, 0.3) is 5.91 Å². The second kappa shape index (κ2) is 9.50. The van der Waals surface area contributed by atoms with Crippen LogP contribution in [0.25, 0.3) is 0 Å². The fraction of sp³-hybridized carbons (Fsp3) is 0.381. The van der Waals surface area contributed by atoms with Gasteiger partial charge < -0.3 is 15.0 Å². The van der Waals surface area contributed by atoms with Gasteiger partial charge in [-0.1, -0.05) is 36.4 Å². The Bertz CT molecular complexity index is 807. The molecule has 0 unspecified atom stereocenters. The van der Waals surface area contributed by atoms with Gasteiger partial charge in [-0.25, -0.2) is 0 Å². The first-order valence-corrected chi connectivity index (χ1v) is 10.2. The Morgan fingerprint density at radius 1 is 1.21 bits per heavy atom. The number of carbonyl (C=O) groups excluding carboxylic acids is 3. The first-order valence-electron chi connectivity index (χ1n) is 9.37. The molecule has 0 radical (unpaired) electrons. The highest BCUT2D eigenvalue weighted by molar-refractivity contribution is 7.12. The molecule has 2 atom stereocenters. The highest BCUT2D eigenvalue weighted by atomic mass is 32.1. The van der Waals surface area contributed by atoms with Crippen LogP contribution in [-0.2, 0) is 20.7 Å². The van der Waals surface area contributed by atoms with Crippen molar-refractivity contribution in [2.75, 3.05) is 13.1 Å². The number of amides is 2. The number of nitrogens with one attached hydrogen (secondary N) is 1. The highest BCUT2D eigenvalue weighted by Crippen LogP contribution is 2.17. The fourth-order valence-electron chi connectivity index (χ4n) is 3.38. The lowest BCUT2D eigenvalue weighted by Gasteiger charge is -2.34. The Morgan fingerprint density at radius 3 is 2.68 bits per heavy atom. The van der Waals surface area contributed by atoms with Gasteiger partial charge in [0.1, 0.15) is 12.1 Å². The summed E-state index contributed by atoms with van der Waals surface area (Å²) in [5.74, 6) is -0.741. The quantitative estimate of drug-likeness (QED) is 0.757. The van der Waals surface area contributed by atoms with Crippen LogP contribution >= 0.6 is 11.3 Å². The zero-order valence-electron chi connectivity index (χ0n) is 15.8. The molecule has 6 nitrogen and oxygen atoms in total. The molecule has 1 aromatic carbocycles. The van der Waals surface area contributed by atoms with Crippen LogP contribution in [-0.4, -0.2) is 47.9 Å². The maximum Gasteiger partial charge on any atom is 0.302 e. The average Bonchev–Trinajstić information content (AvgIpc) is 3.22. The van der Waals surface area contributed by atoms with E-state index in [2.05, 4.69) is 5.32 Å². The van der Waals surface area contributed by atoms with Gasteiger partial charge in [-0.2, -0.15) is 0 Å². The zero-order chi connectivity index (χ0) is 19.9. The van der Waals surface area contributed by atoms with Crippen molar-refractivity contribution in [1.29, 1.82) is 0 Å².